The number of nitrogens with one attached hydrogen (secondary N) is 2. The second-order valence-corrected chi connectivity index (χ2v) is 10.7. The molecular formula is C27H43N3O6. The summed E-state index contributed by atoms with van der Waals surface area (Å²) in [5.41, 5.74) is 1.64. The highest BCUT2D eigenvalue weighted by molar-refractivity contribution is 5.93. The molecule has 36 heavy (non-hydrogen) atoms. The molecule has 2 atom stereocenters. The molecule has 0 aliphatic carbocycles. The summed E-state index contributed by atoms with van der Waals surface area (Å²) in [5.74, 6) is -1.45. The van der Waals surface area contributed by atoms with Crippen LogP contribution in [-0.4, -0.2) is 60.1 Å². The molecular weight excluding hydrogens is 462 g/mol. The number of hydrogen-bond donors (Lipinski definition) is 2. The first kappa shape index (κ1) is 30.9. The topological polar surface area (TPSA) is 114 Å². The number of carbonyl (C=O) groups excluding carboxylic acids is 4. The fourth-order valence-electron chi connectivity index (χ4n) is 3.80. The van der Waals surface area contributed by atoms with Crippen LogP contribution in [0.1, 0.15) is 77.6 Å². The Morgan fingerprint density at radius 2 is 1.64 bits per heavy atom. The average Bonchev–Trinajstić information content (AvgIpc) is 2.74. The predicted molar refractivity (Wildman–Crippen MR) is 138 cm³/mol. The number of nitrogens with zero attached hydrogens (tertiary/aromatic N) is 1. The van der Waals surface area contributed by atoms with Crippen molar-refractivity contribution in [3.63, 3.8) is 0 Å². The van der Waals surface area contributed by atoms with Crippen LogP contribution in [0.2, 0.25) is 0 Å². The summed E-state index contributed by atoms with van der Waals surface area (Å²) in [4.78, 5) is 53.3. The van der Waals surface area contributed by atoms with E-state index < -0.39 is 47.6 Å². The fraction of sp³-hybridized carbons (Fsp3) is 0.630. The van der Waals surface area contributed by atoms with E-state index in [1.165, 1.54) is 12.0 Å². The minimum absolute atomic E-state index is 0.0789. The van der Waals surface area contributed by atoms with Crippen molar-refractivity contribution in [2.45, 2.75) is 92.5 Å². The maximum Gasteiger partial charge on any atom is 0.408 e. The first-order valence-electron chi connectivity index (χ1n) is 12.3. The molecule has 0 heterocycles. The fourth-order valence-corrected chi connectivity index (χ4v) is 3.80. The van der Waals surface area contributed by atoms with Gasteiger partial charge in [-0.1, -0.05) is 37.6 Å². The molecule has 0 saturated heterocycles. The van der Waals surface area contributed by atoms with E-state index in [-0.39, 0.29) is 12.5 Å². The van der Waals surface area contributed by atoms with E-state index in [9.17, 15) is 19.2 Å². The number of aryl methyl sites for hydroxylation is 2. The summed E-state index contributed by atoms with van der Waals surface area (Å²) >= 11 is 0. The number of esters is 1. The number of rotatable bonds is 10. The Kier molecular flexibility index (Phi) is 11.4. The van der Waals surface area contributed by atoms with Gasteiger partial charge in [0.15, 0.2) is 0 Å². The van der Waals surface area contributed by atoms with E-state index in [1.807, 2.05) is 59.7 Å². The molecule has 0 bridgehead atoms. The standard InChI is InChI=1S/C27H43N3O6/c1-16(2)13-21(29-26(34)36-27(7,8)9)25(33)30(17(3)4)23(24(32)28-15-22(31)35-10)20-14-18(5)11-12-19(20)6/h11-12,14,16-17,21,23H,13,15H2,1-10H3,(H,28,32)(H,29,34). The zero-order valence-corrected chi connectivity index (χ0v) is 23.4. The van der Waals surface area contributed by atoms with Gasteiger partial charge >= 0.3 is 12.1 Å². The average molecular weight is 506 g/mol. The maximum absolute atomic E-state index is 14.0. The molecule has 2 N–H and O–H groups in total. The first-order chi connectivity index (χ1) is 16.6. The van der Waals surface area contributed by atoms with Gasteiger partial charge in [-0.15, -0.1) is 0 Å². The van der Waals surface area contributed by atoms with E-state index in [1.54, 1.807) is 20.8 Å². The molecule has 3 amide bonds. The minimum Gasteiger partial charge on any atom is -0.468 e. The quantitative estimate of drug-likeness (QED) is 0.468. The number of methoxy groups -OCH3 is 1. The van der Waals surface area contributed by atoms with E-state index in [4.69, 9.17) is 4.74 Å². The second-order valence-electron chi connectivity index (χ2n) is 10.7. The Hall–Kier alpha value is -3.10. The Morgan fingerprint density at radius 1 is 1.03 bits per heavy atom. The molecule has 0 aromatic heterocycles. The molecule has 1 rings (SSSR count). The van der Waals surface area contributed by atoms with Crippen molar-refractivity contribution in [2.24, 2.45) is 5.92 Å². The zero-order chi connectivity index (χ0) is 27.8. The molecule has 1 aromatic rings. The molecule has 202 valence electrons. The lowest BCUT2D eigenvalue weighted by atomic mass is 9.94. The maximum atomic E-state index is 14.0. The van der Waals surface area contributed by atoms with Crippen molar-refractivity contribution in [3.8, 4) is 0 Å². The lowest BCUT2D eigenvalue weighted by Crippen LogP contribution is -2.55. The molecule has 1 aromatic carbocycles. The van der Waals surface area contributed by atoms with Crippen LogP contribution in [0.15, 0.2) is 18.2 Å². The molecule has 0 fully saturated rings. The van der Waals surface area contributed by atoms with Gasteiger partial charge in [0.1, 0.15) is 24.2 Å². The number of carbonyl (C=O) groups is 4. The zero-order valence-electron chi connectivity index (χ0n) is 23.4. The first-order valence-corrected chi connectivity index (χ1v) is 12.3. The van der Waals surface area contributed by atoms with E-state index in [2.05, 4.69) is 15.4 Å². The third-order valence-corrected chi connectivity index (χ3v) is 5.40. The SMILES string of the molecule is COC(=O)CNC(=O)C(c1cc(C)ccc1C)N(C(=O)C(CC(C)C)NC(=O)OC(C)(C)C)C(C)C. The second kappa shape index (κ2) is 13.3. The summed E-state index contributed by atoms with van der Waals surface area (Å²) in [7, 11) is 1.24. The molecule has 0 aliphatic rings. The number of alkyl carbamates (subject to hydrolysis) is 1. The Bertz CT molecular complexity index is 936. The van der Waals surface area contributed by atoms with Crippen molar-refractivity contribution in [1.29, 1.82) is 0 Å². The third kappa shape index (κ3) is 9.51. The van der Waals surface area contributed by atoms with Gasteiger partial charge in [0.25, 0.3) is 0 Å². The van der Waals surface area contributed by atoms with E-state index in [0.717, 1.165) is 11.1 Å². The Morgan fingerprint density at radius 3 is 2.14 bits per heavy atom. The predicted octanol–water partition coefficient (Wildman–Crippen LogP) is 3.81. The van der Waals surface area contributed by atoms with E-state index in [0.29, 0.717) is 12.0 Å². The van der Waals surface area contributed by atoms with Crippen LogP contribution in [0.3, 0.4) is 0 Å². The highest BCUT2D eigenvalue weighted by Gasteiger charge is 2.38. The van der Waals surface area contributed by atoms with Crippen LogP contribution in [-0.2, 0) is 23.9 Å². The summed E-state index contributed by atoms with van der Waals surface area (Å²) in [6.45, 7) is 16.2. The number of ether oxygens (including phenoxy) is 2. The van der Waals surface area contributed by atoms with Gasteiger partial charge in [-0.2, -0.15) is 0 Å². The molecule has 0 spiro atoms. The van der Waals surface area contributed by atoms with E-state index >= 15 is 0 Å². The van der Waals surface area contributed by atoms with Gasteiger partial charge in [-0.25, -0.2) is 4.79 Å². The highest BCUT2D eigenvalue weighted by Crippen LogP contribution is 2.29. The van der Waals surface area contributed by atoms with Crippen LogP contribution in [0.25, 0.3) is 0 Å². The Labute approximate surface area is 215 Å². The Balaban J connectivity index is 3.53. The van der Waals surface area contributed by atoms with Gasteiger partial charge in [-0.3, -0.25) is 14.4 Å². The summed E-state index contributed by atoms with van der Waals surface area (Å²) in [5, 5.41) is 5.31. The largest absolute Gasteiger partial charge is 0.468 e. The minimum atomic E-state index is -1.03. The van der Waals surface area contributed by atoms with Crippen LogP contribution in [0.5, 0.6) is 0 Å². The third-order valence-electron chi connectivity index (χ3n) is 5.40. The van der Waals surface area contributed by atoms with Crippen molar-refractivity contribution < 1.29 is 28.7 Å². The van der Waals surface area contributed by atoms with Gasteiger partial charge in [0.2, 0.25) is 11.8 Å². The lowest BCUT2D eigenvalue weighted by Gasteiger charge is -2.38. The summed E-state index contributed by atoms with van der Waals surface area (Å²) < 4.78 is 10.0. The van der Waals surface area contributed by atoms with Gasteiger partial charge in [-0.05, 0) is 71.9 Å². The smallest absolute Gasteiger partial charge is 0.408 e. The van der Waals surface area contributed by atoms with Crippen molar-refractivity contribution in [1.82, 2.24) is 15.5 Å². The number of benzene rings is 1. The van der Waals surface area contributed by atoms with Crippen LogP contribution in [0, 0.1) is 19.8 Å². The van der Waals surface area contributed by atoms with Crippen LogP contribution in [0.4, 0.5) is 4.79 Å². The van der Waals surface area contributed by atoms with Gasteiger partial charge < -0.3 is 25.0 Å². The molecule has 0 aliphatic heterocycles. The molecule has 9 heteroatoms. The summed E-state index contributed by atoms with van der Waals surface area (Å²) in [6, 6.07) is 3.33. The highest BCUT2D eigenvalue weighted by atomic mass is 16.6. The van der Waals surface area contributed by atoms with Crippen LogP contribution < -0.4 is 10.6 Å². The van der Waals surface area contributed by atoms with Crippen LogP contribution >= 0.6 is 0 Å². The molecule has 0 radical (unpaired) electrons. The normalized spacial score (nSPS) is 13.1. The molecule has 2 unspecified atom stereocenters. The molecule has 9 nitrogen and oxygen atoms in total. The lowest BCUT2D eigenvalue weighted by molar-refractivity contribution is -0.146. The molecule has 0 saturated carbocycles. The van der Waals surface area contributed by atoms with Gasteiger partial charge in [0, 0.05) is 6.04 Å². The van der Waals surface area contributed by atoms with Gasteiger partial charge in [0.05, 0.1) is 7.11 Å². The number of hydrogen-bond acceptors (Lipinski definition) is 6. The monoisotopic (exact) mass is 505 g/mol. The van der Waals surface area contributed by atoms with Crippen molar-refractivity contribution in [2.75, 3.05) is 13.7 Å². The number of amides is 3. The summed E-state index contributed by atoms with van der Waals surface area (Å²) in [6.07, 6.45) is -0.353. The van der Waals surface area contributed by atoms with Crippen molar-refractivity contribution in [3.05, 3.63) is 34.9 Å². The van der Waals surface area contributed by atoms with Crippen molar-refractivity contribution >= 4 is 23.9 Å².